The molecule has 2 rings (SSSR count). The predicted molar refractivity (Wildman–Crippen MR) is 74.3 cm³/mol. The molecule has 0 spiro atoms. The SMILES string of the molecule is CC1CCCCC1CNCc1ccc(C(F)(F)F)cc1. The Bertz CT molecular complexity index is 411. The van der Waals surface area contributed by atoms with Crippen LogP contribution in [0.3, 0.4) is 0 Å². The average Bonchev–Trinajstić information content (AvgIpc) is 2.40. The molecule has 0 aromatic heterocycles. The van der Waals surface area contributed by atoms with E-state index in [1.807, 2.05) is 0 Å². The second-order valence-corrected chi connectivity index (χ2v) is 5.85. The van der Waals surface area contributed by atoms with Gasteiger partial charge in [0.1, 0.15) is 0 Å². The third-order valence-corrected chi connectivity index (χ3v) is 4.31. The molecule has 0 amide bonds. The van der Waals surface area contributed by atoms with Gasteiger partial charge in [-0.3, -0.25) is 0 Å². The molecule has 2 unspecified atom stereocenters. The highest BCUT2D eigenvalue weighted by molar-refractivity contribution is 5.24. The van der Waals surface area contributed by atoms with E-state index >= 15 is 0 Å². The molecule has 1 N–H and O–H groups in total. The van der Waals surface area contributed by atoms with Crippen molar-refractivity contribution in [3.8, 4) is 0 Å². The minimum atomic E-state index is -4.25. The maximum Gasteiger partial charge on any atom is 0.416 e. The van der Waals surface area contributed by atoms with E-state index in [0.717, 1.165) is 30.2 Å². The molecule has 4 heteroatoms. The second kappa shape index (κ2) is 6.61. The highest BCUT2D eigenvalue weighted by atomic mass is 19.4. The first-order valence-electron chi connectivity index (χ1n) is 7.33. The van der Waals surface area contributed by atoms with Gasteiger partial charge in [0.05, 0.1) is 5.56 Å². The van der Waals surface area contributed by atoms with E-state index in [4.69, 9.17) is 0 Å². The van der Waals surface area contributed by atoms with Crippen LogP contribution in [0.25, 0.3) is 0 Å². The summed E-state index contributed by atoms with van der Waals surface area (Å²) in [5.74, 6) is 1.46. The van der Waals surface area contributed by atoms with E-state index in [1.165, 1.54) is 25.7 Å². The first kappa shape index (κ1) is 15.4. The summed E-state index contributed by atoms with van der Waals surface area (Å²) in [5.41, 5.74) is 0.323. The minimum absolute atomic E-state index is 0.581. The van der Waals surface area contributed by atoms with Crippen molar-refractivity contribution in [2.75, 3.05) is 6.54 Å². The minimum Gasteiger partial charge on any atom is -0.312 e. The Balaban J connectivity index is 1.79. The van der Waals surface area contributed by atoms with Crippen LogP contribution in [-0.2, 0) is 12.7 Å². The highest BCUT2D eigenvalue weighted by Gasteiger charge is 2.29. The van der Waals surface area contributed by atoms with Crippen LogP contribution in [0.1, 0.15) is 43.7 Å². The molecule has 1 saturated carbocycles. The third-order valence-electron chi connectivity index (χ3n) is 4.31. The van der Waals surface area contributed by atoms with Gasteiger partial charge < -0.3 is 5.32 Å². The van der Waals surface area contributed by atoms with Gasteiger partial charge in [-0.15, -0.1) is 0 Å². The maximum atomic E-state index is 12.4. The zero-order valence-electron chi connectivity index (χ0n) is 11.8. The quantitative estimate of drug-likeness (QED) is 0.851. The number of nitrogens with one attached hydrogen (secondary N) is 1. The van der Waals surface area contributed by atoms with Gasteiger partial charge in [0.2, 0.25) is 0 Å². The number of alkyl halides is 3. The van der Waals surface area contributed by atoms with Gasteiger partial charge in [-0.1, -0.05) is 38.3 Å². The molecule has 1 aromatic carbocycles. The largest absolute Gasteiger partial charge is 0.416 e. The van der Waals surface area contributed by atoms with Crippen LogP contribution in [0.15, 0.2) is 24.3 Å². The molecule has 2 atom stereocenters. The lowest BCUT2D eigenvalue weighted by molar-refractivity contribution is -0.137. The van der Waals surface area contributed by atoms with Crippen molar-refractivity contribution in [1.82, 2.24) is 5.32 Å². The highest BCUT2D eigenvalue weighted by Crippen LogP contribution is 2.30. The summed E-state index contributed by atoms with van der Waals surface area (Å²) in [4.78, 5) is 0. The second-order valence-electron chi connectivity index (χ2n) is 5.85. The normalized spacial score (nSPS) is 23.8. The summed E-state index contributed by atoms with van der Waals surface area (Å²) >= 11 is 0. The first-order chi connectivity index (χ1) is 9.47. The van der Waals surface area contributed by atoms with Gasteiger partial charge >= 0.3 is 6.18 Å². The van der Waals surface area contributed by atoms with Gasteiger partial charge in [0, 0.05) is 6.54 Å². The summed E-state index contributed by atoms with van der Waals surface area (Å²) in [6, 6.07) is 5.42. The average molecular weight is 285 g/mol. The fourth-order valence-electron chi connectivity index (χ4n) is 2.91. The van der Waals surface area contributed by atoms with E-state index in [-0.39, 0.29) is 0 Å². The number of benzene rings is 1. The van der Waals surface area contributed by atoms with Gasteiger partial charge in [0.25, 0.3) is 0 Å². The smallest absolute Gasteiger partial charge is 0.312 e. The molecule has 0 heterocycles. The molecule has 1 fully saturated rings. The lowest BCUT2D eigenvalue weighted by atomic mass is 9.80. The van der Waals surface area contributed by atoms with Crippen LogP contribution in [0.2, 0.25) is 0 Å². The van der Waals surface area contributed by atoms with Crippen molar-refractivity contribution in [2.24, 2.45) is 11.8 Å². The lowest BCUT2D eigenvalue weighted by Crippen LogP contribution is -2.29. The Morgan fingerprint density at radius 2 is 1.75 bits per heavy atom. The van der Waals surface area contributed by atoms with E-state index in [9.17, 15) is 13.2 Å². The van der Waals surface area contributed by atoms with Crippen LogP contribution < -0.4 is 5.32 Å². The Labute approximate surface area is 118 Å². The molecule has 0 bridgehead atoms. The Kier molecular flexibility index (Phi) is 5.08. The van der Waals surface area contributed by atoms with Crippen LogP contribution in [0.4, 0.5) is 13.2 Å². The fraction of sp³-hybridized carbons (Fsp3) is 0.625. The summed E-state index contributed by atoms with van der Waals surface area (Å²) in [7, 11) is 0. The van der Waals surface area contributed by atoms with Crippen molar-refractivity contribution in [2.45, 2.75) is 45.3 Å². The molecule has 112 valence electrons. The van der Waals surface area contributed by atoms with E-state index in [1.54, 1.807) is 12.1 Å². The van der Waals surface area contributed by atoms with Crippen molar-refractivity contribution in [3.63, 3.8) is 0 Å². The molecule has 0 saturated heterocycles. The molecule has 1 nitrogen and oxygen atoms in total. The summed E-state index contributed by atoms with van der Waals surface area (Å²) in [6.45, 7) is 3.90. The maximum absolute atomic E-state index is 12.4. The zero-order chi connectivity index (χ0) is 14.6. The standard InChI is InChI=1S/C16H22F3N/c1-12-4-2-3-5-14(12)11-20-10-13-6-8-15(9-7-13)16(17,18)19/h6-9,12,14,20H,2-5,10-11H2,1H3. The number of hydrogen-bond donors (Lipinski definition) is 1. The Morgan fingerprint density at radius 3 is 2.35 bits per heavy atom. The fourth-order valence-corrected chi connectivity index (χ4v) is 2.91. The Hall–Kier alpha value is -1.03. The van der Waals surface area contributed by atoms with Crippen LogP contribution in [0, 0.1) is 11.8 Å². The molecular formula is C16H22F3N. The predicted octanol–water partition coefficient (Wildman–Crippen LogP) is 4.62. The first-order valence-corrected chi connectivity index (χ1v) is 7.33. The van der Waals surface area contributed by atoms with Crippen molar-refractivity contribution in [3.05, 3.63) is 35.4 Å². The van der Waals surface area contributed by atoms with E-state index in [2.05, 4.69) is 12.2 Å². The van der Waals surface area contributed by atoms with Crippen LogP contribution in [-0.4, -0.2) is 6.54 Å². The van der Waals surface area contributed by atoms with Gasteiger partial charge in [-0.2, -0.15) is 13.2 Å². The van der Waals surface area contributed by atoms with Crippen molar-refractivity contribution in [1.29, 1.82) is 0 Å². The molecule has 1 aliphatic rings. The molecule has 1 aromatic rings. The lowest BCUT2D eigenvalue weighted by Gasteiger charge is -2.28. The monoisotopic (exact) mass is 285 g/mol. The summed E-state index contributed by atoms with van der Waals surface area (Å²) < 4.78 is 37.3. The van der Waals surface area contributed by atoms with Gasteiger partial charge in [0.15, 0.2) is 0 Å². The van der Waals surface area contributed by atoms with E-state index in [0.29, 0.717) is 12.5 Å². The topological polar surface area (TPSA) is 12.0 Å². The number of rotatable bonds is 4. The molecule has 20 heavy (non-hydrogen) atoms. The molecule has 1 aliphatic carbocycles. The number of hydrogen-bond acceptors (Lipinski definition) is 1. The van der Waals surface area contributed by atoms with Gasteiger partial charge in [-0.05, 0) is 42.5 Å². The summed E-state index contributed by atoms with van der Waals surface area (Å²) in [6.07, 6.45) is 0.949. The molecule has 0 radical (unpaired) electrons. The Morgan fingerprint density at radius 1 is 1.10 bits per heavy atom. The van der Waals surface area contributed by atoms with E-state index < -0.39 is 11.7 Å². The third kappa shape index (κ3) is 4.23. The van der Waals surface area contributed by atoms with Crippen LogP contribution >= 0.6 is 0 Å². The molecule has 0 aliphatic heterocycles. The van der Waals surface area contributed by atoms with Gasteiger partial charge in [-0.25, -0.2) is 0 Å². The van der Waals surface area contributed by atoms with Crippen molar-refractivity contribution < 1.29 is 13.2 Å². The summed E-state index contributed by atoms with van der Waals surface area (Å²) in [5, 5.41) is 3.38. The van der Waals surface area contributed by atoms with Crippen molar-refractivity contribution >= 4 is 0 Å². The van der Waals surface area contributed by atoms with Crippen LogP contribution in [0.5, 0.6) is 0 Å². The zero-order valence-corrected chi connectivity index (χ0v) is 11.8. The number of halogens is 3. The molecular weight excluding hydrogens is 263 g/mol.